The van der Waals surface area contributed by atoms with Crippen molar-refractivity contribution in [2.75, 3.05) is 5.32 Å². The van der Waals surface area contributed by atoms with Gasteiger partial charge in [0.25, 0.3) is 5.69 Å². The maximum Gasteiger partial charge on any atom is 0.269 e. The molecule has 3 aromatic rings. The number of nitrogens with zero attached hydrogens (tertiary/aromatic N) is 4. The number of pyridine rings is 1. The summed E-state index contributed by atoms with van der Waals surface area (Å²) in [5.74, 6) is 0.702. The van der Waals surface area contributed by atoms with Crippen molar-refractivity contribution >= 4 is 11.4 Å². The Morgan fingerprint density at radius 2 is 2.04 bits per heavy atom. The third kappa shape index (κ3) is 2.97. The predicted molar refractivity (Wildman–Crippen MR) is 95.6 cm³/mol. The van der Waals surface area contributed by atoms with E-state index < -0.39 is 4.92 Å². The first-order valence-electron chi connectivity index (χ1n) is 8.34. The van der Waals surface area contributed by atoms with E-state index in [0.29, 0.717) is 12.2 Å². The second-order valence-electron chi connectivity index (χ2n) is 6.24. The Morgan fingerprint density at radius 3 is 2.73 bits per heavy atom. The summed E-state index contributed by atoms with van der Waals surface area (Å²) in [5.41, 5.74) is 2.59. The fourth-order valence-corrected chi connectivity index (χ4v) is 3.23. The number of anilines is 1. The first kappa shape index (κ1) is 16.1. The van der Waals surface area contributed by atoms with E-state index in [9.17, 15) is 15.2 Å². The number of aryl methyl sites for hydroxylation is 1. The SMILES string of the molecule is O=[N+]([O-])c1ccc(NC2CCc3nn(-c4ccccn4)c(O)c3C2)cc1. The van der Waals surface area contributed by atoms with Crippen LogP contribution in [-0.2, 0) is 12.8 Å². The van der Waals surface area contributed by atoms with E-state index in [2.05, 4.69) is 15.4 Å². The van der Waals surface area contributed by atoms with Gasteiger partial charge in [-0.1, -0.05) is 6.07 Å². The summed E-state index contributed by atoms with van der Waals surface area (Å²) in [4.78, 5) is 14.6. The van der Waals surface area contributed by atoms with Gasteiger partial charge in [0.05, 0.1) is 10.6 Å². The molecule has 0 radical (unpaired) electrons. The molecule has 0 amide bonds. The Bertz CT molecular complexity index is 937. The average molecular weight is 351 g/mol. The molecule has 1 unspecified atom stereocenters. The summed E-state index contributed by atoms with van der Waals surface area (Å²) in [7, 11) is 0. The highest BCUT2D eigenvalue weighted by molar-refractivity contribution is 5.50. The molecule has 0 bridgehead atoms. The summed E-state index contributed by atoms with van der Waals surface area (Å²) in [6, 6.07) is 11.9. The molecule has 0 saturated heterocycles. The van der Waals surface area contributed by atoms with E-state index in [-0.39, 0.29) is 17.6 Å². The van der Waals surface area contributed by atoms with Crippen LogP contribution in [-0.4, -0.2) is 30.8 Å². The number of aromatic nitrogens is 3. The molecule has 1 aliphatic carbocycles. The third-order valence-electron chi connectivity index (χ3n) is 4.53. The average Bonchev–Trinajstić information content (AvgIpc) is 2.99. The van der Waals surface area contributed by atoms with Crippen LogP contribution in [0.2, 0.25) is 0 Å². The number of nitro benzene ring substituents is 1. The lowest BCUT2D eigenvalue weighted by Gasteiger charge is -2.23. The third-order valence-corrected chi connectivity index (χ3v) is 4.53. The number of nitrogens with one attached hydrogen (secondary N) is 1. The van der Waals surface area contributed by atoms with E-state index in [1.54, 1.807) is 24.4 Å². The van der Waals surface area contributed by atoms with E-state index in [4.69, 9.17) is 0 Å². The Morgan fingerprint density at radius 1 is 1.23 bits per heavy atom. The van der Waals surface area contributed by atoms with E-state index in [0.717, 1.165) is 29.8 Å². The molecule has 2 N–H and O–H groups in total. The zero-order valence-electron chi connectivity index (χ0n) is 13.9. The predicted octanol–water partition coefficient (Wildman–Crippen LogP) is 2.85. The topological polar surface area (TPSA) is 106 Å². The van der Waals surface area contributed by atoms with Gasteiger partial charge >= 0.3 is 0 Å². The van der Waals surface area contributed by atoms with Gasteiger partial charge in [0, 0.05) is 35.6 Å². The van der Waals surface area contributed by atoms with Gasteiger partial charge in [0.1, 0.15) is 0 Å². The molecule has 0 spiro atoms. The number of benzene rings is 1. The van der Waals surface area contributed by atoms with Crippen LogP contribution >= 0.6 is 0 Å². The molecule has 4 rings (SSSR count). The van der Waals surface area contributed by atoms with E-state index in [1.807, 2.05) is 12.1 Å². The molecule has 8 nitrogen and oxygen atoms in total. The Kier molecular flexibility index (Phi) is 4.00. The van der Waals surface area contributed by atoms with Gasteiger partial charge in [-0.3, -0.25) is 10.1 Å². The Hall–Kier alpha value is -3.42. The highest BCUT2D eigenvalue weighted by Crippen LogP contribution is 2.31. The largest absolute Gasteiger partial charge is 0.493 e. The van der Waals surface area contributed by atoms with Crippen molar-refractivity contribution in [3.63, 3.8) is 0 Å². The lowest BCUT2D eigenvalue weighted by Crippen LogP contribution is -2.26. The monoisotopic (exact) mass is 351 g/mol. The van der Waals surface area contributed by atoms with E-state index in [1.165, 1.54) is 16.8 Å². The van der Waals surface area contributed by atoms with Gasteiger partial charge in [0.2, 0.25) is 5.88 Å². The van der Waals surface area contributed by atoms with Crippen LogP contribution in [0.25, 0.3) is 5.82 Å². The standard InChI is InChI=1S/C18H17N5O3/c24-18-15-11-13(20-12-4-7-14(8-5-12)23(25)26)6-9-16(15)21-22(18)17-3-1-2-10-19-17/h1-5,7-8,10,13,20,24H,6,9,11H2. The number of non-ortho nitro benzene ring substituents is 1. The highest BCUT2D eigenvalue weighted by Gasteiger charge is 2.27. The maximum atomic E-state index is 10.7. The van der Waals surface area contributed by atoms with Crippen LogP contribution < -0.4 is 5.32 Å². The minimum Gasteiger partial charge on any atom is -0.493 e. The zero-order valence-corrected chi connectivity index (χ0v) is 13.9. The molecule has 0 saturated carbocycles. The smallest absolute Gasteiger partial charge is 0.269 e. The van der Waals surface area contributed by atoms with Crippen molar-refractivity contribution in [3.8, 4) is 11.7 Å². The molecular formula is C18H17N5O3. The van der Waals surface area contributed by atoms with Crippen LogP contribution in [0.4, 0.5) is 11.4 Å². The fourth-order valence-electron chi connectivity index (χ4n) is 3.23. The van der Waals surface area contributed by atoms with Crippen molar-refractivity contribution in [1.29, 1.82) is 0 Å². The van der Waals surface area contributed by atoms with Crippen molar-refractivity contribution in [2.24, 2.45) is 0 Å². The van der Waals surface area contributed by atoms with Crippen LogP contribution in [0.3, 0.4) is 0 Å². The number of fused-ring (bicyclic) bond motifs is 1. The molecule has 1 atom stereocenters. The van der Waals surface area contributed by atoms with Gasteiger partial charge in [0.15, 0.2) is 5.82 Å². The van der Waals surface area contributed by atoms with Crippen molar-refractivity contribution in [2.45, 2.75) is 25.3 Å². The van der Waals surface area contributed by atoms with Crippen molar-refractivity contribution in [1.82, 2.24) is 14.8 Å². The summed E-state index contributed by atoms with van der Waals surface area (Å²) >= 11 is 0. The molecule has 0 fully saturated rings. The number of aromatic hydroxyl groups is 1. The van der Waals surface area contributed by atoms with Gasteiger partial charge in [-0.15, -0.1) is 0 Å². The molecule has 2 heterocycles. The minimum absolute atomic E-state index is 0.0655. The lowest BCUT2D eigenvalue weighted by molar-refractivity contribution is -0.384. The second-order valence-corrected chi connectivity index (χ2v) is 6.24. The first-order valence-corrected chi connectivity index (χ1v) is 8.34. The minimum atomic E-state index is -0.416. The first-order chi connectivity index (χ1) is 12.6. The molecule has 8 heteroatoms. The normalized spacial score (nSPS) is 16.1. The van der Waals surface area contributed by atoms with Crippen molar-refractivity contribution in [3.05, 3.63) is 70.0 Å². The van der Waals surface area contributed by atoms with Gasteiger partial charge in [-0.2, -0.15) is 9.78 Å². The Labute approximate surface area is 149 Å². The van der Waals surface area contributed by atoms with Gasteiger partial charge in [-0.25, -0.2) is 4.98 Å². The van der Waals surface area contributed by atoms with Gasteiger partial charge in [-0.05, 0) is 43.5 Å². The van der Waals surface area contributed by atoms with Crippen LogP contribution in [0, 0.1) is 10.1 Å². The molecule has 2 aromatic heterocycles. The summed E-state index contributed by atoms with van der Waals surface area (Å²) in [6.07, 6.45) is 3.90. The molecule has 26 heavy (non-hydrogen) atoms. The number of hydrogen-bond donors (Lipinski definition) is 2. The van der Waals surface area contributed by atoms with E-state index >= 15 is 0 Å². The van der Waals surface area contributed by atoms with Gasteiger partial charge < -0.3 is 10.4 Å². The summed E-state index contributed by atoms with van der Waals surface area (Å²) < 4.78 is 1.47. The number of rotatable bonds is 4. The number of nitro groups is 1. The van der Waals surface area contributed by atoms with Crippen LogP contribution in [0.5, 0.6) is 5.88 Å². The second kappa shape index (κ2) is 6.47. The molecule has 1 aliphatic rings. The summed E-state index contributed by atoms with van der Waals surface area (Å²) in [6.45, 7) is 0. The quantitative estimate of drug-likeness (QED) is 0.553. The highest BCUT2D eigenvalue weighted by atomic mass is 16.6. The van der Waals surface area contributed by atoms with Crippen LogP contribution in [0.1, 0.15) is 17.7 Å². The molecule has 1 aromatic carbocycles. The van der Waals surface area contributed by atoms with Crippen molar-refractivity contribution < 1.29 is 10.0 Å². The maximum absolute atomic E-state index is 10.7. The molecule has 132 valence electrons. The Balaban J connectivity index is 1.53. The van der Waals surface area contributed by atoms with Crippen LogP contribution in [0.15, 0.2) is 48.7 Å². The number of hydrogen-bond acceptors (Lipinski definition) is 6. The molecule has 0 aliphatic heterocycles. The fraction of sp³-hybridized carbons (Fsp3) is 0.222. The zero-order chi connectivity index (χ0) is 18.1. The summed E-state index contributed by atoms with van der Waals surface area (Å²) in [5, 5.41) is 29.2. The molecular weight excluding hydrogens is 334 g/mol. The lowest BCUT2D eigenvalue weighted by atomic mass is 9.93.